The van der Waals surface area contributed by atoms with Crippen LogP contribution in [0.2, 0.25) is 0 Å². The van der Waals surface area contributed by atoms with Crippen LogP contribution in [0.3, 0.4) is 0 Å². The zero-order valence-electron chi connectivity index (χ0n) is 10.4. The number of hydrogen-bond acceptors (Lipinski definition) is 4. The molecule has 5 nitrogen and oxygen atoms in total. The van der Waals surface area contributed by atoms with Crippen molar-refractivity contribution in [1.29, 1.82) is 0 Å². The van der Waals surface area contributed by atoms with Gasteiger partial charge in [0.1, 0.15) is 6.10 Å². The van der Waals surface area contributed by atoms with Gasteiger partial charge in [-0.15, -0.1) is 0 Å². The standard InChI is InChI=1S/C11H19BrN2O3/c1-8(2)14-11(9(12)6-13-14)10(15)7-17-5-4-16-3/h6,8,10,15H,4-5,7H2,1-3H3. The van der Waals surface area contributed by atoms with Crippen molar-refractivity contribution in [2.24, 2.45) is 0 Å². The average molecular weight is 307 g/mol. The lowest BCUT2D eigenvalue weighted by atomic mass is 10.2. The third-order valence-corrected chi connectivity index (χ3v) is 2.91. The average Bonchev–Trinajstić information content (AvgIpc) is 2.66. The monoisotopic (exact) mass is 306 g/mol. The number of rotatable bonds is 7. The summed E-state index contributed by atoms with van der Waals surface area (Å²) in [6.45, 7) is 5.27. The number of nitrogens with zero attached hydrogens (tertiary/aromatic N) is 2. The molecule has 1 N–H and O–H groups in total. The Bertz CT molecular complexity index is 341. The number of hydrogen-bond donors (Lipinski definition) is 1. The summed E-state index contributed by atoms with van der Waals surface area (Å²) >= 11 is 3.39. The van der Waals surface area contributed by atoms with Gasteiger partial charge in [0.05, 0.1) is 36.2 Å². The Kier molecular flexibility index (Phi) is 6.11. The summed E-state index contributed by atoms with van der Waals surface area (Å²) in [4.78, 5) is 0. The molecule has 1 heterocycles. The summed E-state index contributed by atoms with van der Waals surface area (Å²) in [5.74, 6) is 0. The van der Waals surface area contributed by atoms with Crippen LogP contribution >= 0.6 is 15.9 Å². The van der Waals surface area contributed by atoms with E-state index in [1.165, 1.54) is 0 Å². The Morgan fingerprint density at radius 2 is 2.18 bits per heavy atom. The number of ether oxygens (including phenoxy) is 2. The molecule has 17 heavy (non-hydrogen) atoms. The summed E-state index contributed by atoms with van der Waals surface area (Å²) in [7, 11) is 1.62. The van der Waals surface area contributed by atoms with Crippen LogP contribution in [-0.4, -0.2) is 41.8 Å². The van der Waals surface area contributed by atoms with Crippen LogP contribution in [0.1, 0.15) is 31.7 Å². The number of aromatic nitrogens is 2. The largest absolute Gasteiger partial charge is 0.384 e. The zero-order chi connectivity index (χ0) is 12.8. The first-order valence-corrected chi connectivity index (χ1v) is 6.34. The highest BCUT2D eigenvalue weighted by molar-refractivity contribution is 9.10. The van der Waals surface area contributed by atoms with Crippen molar-refractivity contribution in [3.63, 3.8) is 0 Å². The molecule has 1 rings (SSSR count). The predicted molar refractivity (Wildman–Crippen MR) is 68.0 cm³/mol. The van der Waals surface area contributed by atoms with E-state index < -0.39 is 6.10 Å². The maximum absolute atomic E-state index is 10.1. The summed E-state index contributed by atoms with van der Waals surface area (Å²) < 4.78 is 12.8. The molecule has 1 unspecified atom stereocenters. The molecule has 0 bridgehead atoms. The highest BCUT2D eigenvalue weighted by Gasteiger charge is 2.19. The van der Waals surface area contributed by atoms with E-state index in [-0.39, 0.29) is 12.6 Å². The van der Waals surface area contributed by atoms with Crippen LogP contribution in [0.5, 0.6) is 0 Å². The molecule has 6 heteroatoms. The minimum atomic E-state index is -0.689. The Labute approximate surface area is 110 Å². The lowest BCUT2D eigenvalue weighted by Crippen LogP contribution is -2.16. The molecule has 1 atom stereocenters. The van der Waals surface area contributed by atoms with E-state index in [0.717, 1.165) is 10.2 Å². The Morgan fingerprint density at radius 1 is 1.47 bits per heavy atom. The zero-order valence-corrected chi connectivity index (χ0v) is 12.0. The number of halogens is 1. The van der Waals surface area contributed by atoms with Gasteiger partial charge in [0, 0.05) is 13.2 Å². The van der Waals surface area contributed by atoms with Gasteiger partial charge in [-0.2, -0.15) is 5.10 Å². The molecule has 0 amide bonds. The predicted octanol–water partition coefficient (Wildman–Crippen LogP) is 1.92. The smallest absolute Gasteiger partial charge is 0.120 e. The quantitative estimate of drug-likeness (QED) is 0.782. The van der Waals surface area contributed by atoms with Gasteiger partial charge in [-0.25, -0.2) is 0 Å². The van der Waals surface area contributed by atoms with Crippen molar-refractivity contribution >= 4 is 15.9 Å². The molecule has 0 aliphatic rings. The van der Waals surface area contributed by atoms with Gasteiger partial charge in [0.25, 0.3) is 0 Å². The fourth-order valence-electron chi connectivity index (χ4n) is 1.49. The van der Waals surface area contributed by atoms with Crippen LogP contribution in [-0.2, 0) is 9.47 Å². The van der Waals surface area contributed by atoms with Gasteiger partial charge in [0.2, 0.25) is 0 Å². The van der Waals surface area contributed by atoms with Crippen molar-refractivity contribution in [2.75, 3.05) is 26.9 Å². The first-order chi connectivity index (χ1) is 8.07. The van der Waals surface area contributed by atoms with E-state index >= 15 is 0 Å². The van der Waals surface area contributed by atoms with Gasteiger partial charge in [-0.3, -0.25) is 4.68 Å². The highest BCUT2D eigenvalue weighted by atomic mass is 79.9. The maximum Gasteiger partial charge on any atom is 0.120 e. The molecular weight excluding hydrogens is 288 g/mol. The molecule has 1 aromatic rings. The number of methoxy groups -OCH3 is 1. The molecule has 0 fully saturated rings. The van der Waals surface area contributed by atoms with Gasteiger partial charge < -0.3 is 14.6 Å². The number of aliphatic hydroxyl groups is 1. The van der Waals surface area contributed by atoms with Gasteiger partial charge in [-0.05, 0) is 29.8 Å². The SMILES string of the molecule is COCCOCC(O)c1c(Br)cnn1C(C)C. The summed E-state index contributed by atoms with van der Waals surface area (Å²) in [5.41, 5.74) is 0.748. The van der Waals surface area contributed by atoms with E-state index in [0.29, 0.717) is 13.2 Å². The van der Waals surface area contributed by atoms with Crippen molar-refractivity contribution in [2.45, 2.75) is 26.0 Å². The van der Waals surface area contributed by atoms with Crippen molar-refractivity contribution < 1.29 is 14.6 Å². The Balaban J connectivity index is 2.61. The molecule has 0 saturated carbocycles. The van der Waals surface area contributed by atoms with Crippen LogP contribution < -0.4 is 0 Å². The molecular formula is C11H19BrN2O3. The molecule has 0 radical (unpaired) electrons. The third-order valence-electron chi connectivity index (χ3n) is 2.30. The first kappa shape index (κ1) is 14.6. The van der Waals surface area contributed by atoms with E-state index in [9.17, 15) is 5.11 Å². The summed E-state index contributed by atoms with van der Waals surface area (Å²) in [5, 5.41) is 14.3. The molecule has 1 aromatic heterocycles. The molecule has 0 aliphatic heterocycles. The van der Waals surface area contributed by atoms with Crippen LogP contribution in [0.25, 0.3) is 0 Å². The molecule has 98 valence electrons. The van der Waals surface area contributed by atoms with Gasteiger partial charge in [0.15, 0.2) is 0 Å². The fraction of sp³-hybridized carbons (Fsp3) is 0.727. The second-order valence-corrected chi connectivity index (χ2v) is 4.85. The Hall–Kier alpha value is -0.430. The fourth-order valence-corrected chi connectivity index (χ4v) is 2.03. The van der Waals surface area contributed by atoms with E-state index in [1.807, 2.05) is 13.8 Å². The molecule has 0 saturated heterocycles. The molecule has 0 aromatic carbocycles. The van der Waals surface area contributed by atoms with Crippen LogP contribution in [0, 0.1) is 0 Å². The Morgan fingerprint density at radius 3 is 2.76 bits per heavy atom. The minimum absolute atomic E-state index is 0.199. The molecule has 0 spiro atoms. The third kappa shape index (κ3) is 4.06. The van der Waals surface area contributed by atoms with Crippen molar-refractivity contribution in [3.8, 4) is 0 Å². The lowest BCUT2D eigenvalue weighted by molar-refractivity contribution is 0.00872. The van der Waals surface area contributed by atoms with Gasteiger partial charge >= 0.3 is 0 Å². The second-order valence-electron chi connectivity index (χ2n) is 4.00. The van der Waals surface area contributed by atoms with Crippen LogP contribution in [0.4, 0.5) is 0 Å². The number of aliphatic hydroxyl groups excluding tert-OH is 1. The first-order valence-electron chi connectivity index (χ1n) is 5.55. The maximum atomic E-state index is 10.1. The minimum Gasteiger partial charge on any atom is -0.384 e. The van der Waals surface area contributed by atoms with Gasteiger partial charge in [-0.1, -0.05) is 0 Å². The second kappa shape index (κ2) is 7.10. The summed E-state index contributed by atoms with van der Waals surface area (Å²) in [6, 6.07) is 0.199. The summed E-state index contributed by atoms with van der Waals surface area (Å²) in [6.07, 6.45) is 0.999. The van der Waals surface area contributed by atoms with Crippen molar-refractivity contribution in [3.05, 3.63) is 16.4 Å². The normalized spacial score (nSPS) is 13.3. The van der Waals surface area contributed by atoms with E-state index in [2.05, 4.69) is 21.0 Å². The van der Waals surface area contributed by atoms with E-state index in [4.69, 9.17) is 9.47 Å². The lowest BCUT2D eigenvalue weighted by Gasteiger charge is -2.16. The van der Waals surface area contributed by atoms with Crippen molar-refractivity contribution in [1.82, 2.24) is 9.78 Å². The molecule has 0 aliphatic carbocycles. The highest BCUT2D eigenvalue weighted by Crippen LogP contribution is 2.25. The van der Waals surface area contributed by atoms with Crippen LogP contribution in [0.15, 0.2) is 10.7 Å². The topological polar surface area (TPSA) is 56.5 Å². The van der Waals surface area contributed by atoms with E-state index in [1.54, 1.807) is 18.0 Å².